The maximum Gasteiger partial charge on any atom is 0.374 e. The van der Waals surface area contributed by atoms with Crippen LogP contribution in [-0.4, -0.2) is 47.5 Å². The molecule has 0 aromatic carbocycles. The molecule has 1 N–H and O–H groups in total. The van der Waals surface area contributed by atoms with Crippen LogP contribution in [0.15, 0.2) is 33.1 Å². The molecular formula is C41H69BrCl2O8. The first kappa shape index (κ1) is 50.2. The van der Waals surface area contributed by atoms with Crippen LogP contribution in [0.3, 0.4) is 0 Å². The highest BCUT2D eigenvalue weighted by atomic mass is 79.9. The first-order valence-electron chi connectivity index (χ1n) is 20.0. The number of halogens is 3. The zero-order valence-electron chi connectivity index (χ0n) is 32.3. The van der Waals surface area contributed by atoms with Crippen molar-refractivity contribution >= 4 is 51.1 Å². The zero-order chi connectivity index (χ0) is 38.3. The Bertz CT molecular complexity index is 1060. The van der Waals surface area contributed by atoms with Gasteiger partial charge in [-0.1, -0.05) is 171 Å². The number of furan rings is 2. The number of aromatic carboxylic acids is 1. The Morgan fingerprint density at radius 3 is 1.21 bits per heavy atom. The lowest BCUT2D eigenvalue weighted by Gasteiger charge is -2.04. The van der Waals surface area contributed by atoms with Crippen molar-refractivity contribution in [2.75, 3.05) is 30.5 Å². The summed E-state index contributed by atoms with van der Waals surface area (Å²) in [5.74, 6) is -0.718. The van der Waals surface area contributed by atoms with Crippen LogP contribution in [-0.2, 0) is 4.74 Å². The van der Waals surface area contributed by atoms with Gasteiger partial charge in [0.2, 0.25) is 11.5 Å². The molecular weight excluding hydrogens is 771 g/mol. The molecule has 11 heteroatoms. The summed E-state index contributed by atoms with van der Waals surface area (Å²) in [7, 11) is 0. The highest BCUT2D eigenvalue weighted by Gasteiger charge is 2.13. The summed E-state index contributed by atoms with van der Waals surface area (Å²) in [4.78, 5) is 22.3. The number of carbonyl (C=O) groups is 2. The second-order valence-corrected chi connectivity index (χ2v) is 14.5. The Kier molecular flexibility index (Phi) is 37.5. The molecule has 0 saturated heterocycles. The van der Waals surface area contributed by atoms with Gasteiger partial charge < -0.3 is 28.2 Å². The van der Waals surface area contributed by atoms with Crippen LogP contribution in [0.4, 0.5) is 0 Å². The summed E-state index contributed by atoms with van der Waals surface area (Å²) < 4.78 is 26.3. The maximum absolute atomic E-state index is 11.6. The van der Waals surface area contributed by atoms with Gasteiger partial charge >= 0.3 is 11.9 Å². The summed E-state index contributed by atoms with van der Waals surface area (Å²) in [6, 6.07) is 6.24. The van der Waals surface area contributed by atoms with Gasteiger partial charge in [-0.3, -0.25) is 0 Å². The molecule has 0 radical (unpaired) electrons. The first-order chi connectivity index (χ1) is 25.4. The Balaban J connectivity index is 0.000000935. The number of unbranched alkanes of at least 4 members (excludes halogenated alkanes) is 22. The quantitative estimate of drug-likeness (QED) is 0.0441. The van der Waals surface area contributed by atoms with E-state index >= 15 is 0 Å². The summed E-state index contributed by atoms with van der Waals surface area (Å²) in [6.45, 7) is 6.06. The van der Waals surface area contributed by atoms with Gasteiger partial charge in [0.1, 0.15) is 6.61 Å². The van der Waals surface area contributed by atoms with E-state index in [0.717, 1.165) is 19.3 Å². The van der Waals surface area contributed by atoms with Gasteiger partial charge in [0.05, 0.1) is 18.6 Å². The molecule has 2 aromatic heterocycles. The van der Waals surface area contributed by atoms with E-state index in [0.29, 0.717) is 37.0 Å². The van der Waals surface area contributed by atoms with Crippen LogP contribution in [0.25, 0.3) is 0 Å². The number of hydrogen-bond donors (Lipinski definition) is 1. The molecule has 2 aromatic rings. The normalized spacial score (nSPS) is 10.6. The number of carboxylic acids is 1. The minimum Gasteiger partial charge on any atom is -0.475 e. The number of hydrogen-bond acceptors (Lipinski definition) is 7. The highest BCUT2D eigenvalue weighted by Crippen LogP contribution is 2.19. The number of rotatable bonds is 32. The fraction of sp³-hybridized carbons (Fsp3) is 0.756. The monoisotopic (exact) mass is 838 g/mol. The molecule has 2 rings (SSSR count). The fourth-order valence-corrected chi connectivity index (χ4v) is 5.62. The molecule has 0 unspecified atom stereocenters. The number of carboxylic acid groups (broad SMARTS) is 1. The van der Waals surface area contributed by atoms with Crippen molar-refractivity contribution in [1.82, 2.24) is 0 Å². The highest BCUT2D eigenvalue weighted by molar-refractivity contribution is 9.09. The van der Waals surface area contributed by atoms with E-state index in [-0.39, 0.29) is 16.9 Å². The Hall–Kier alpha value is -1.84. The van der Waals surface area contributed by atoms with E-state index in [1.807, 2.05) is 0 Å². The van der Waals surface area contributed by atoms with Gasteiger partial charge in [-0.25, -0.2) is 9.59 Å². The molecule has 2 heterocycles. The van der Waals surface area contributed by atoms with Crippen molar-refractivity contribution < 1.29 is 37.7 Å². The van der Waals surface area contributed by atoms with Crippen molar-refractivity contribution in [3.63, 3.8) is 0 Å². The van der Waals surface area contributed by atoms with Crippen molar-refractivity contribution in [3.8, 4) is 11.9 Å². The molecule has 52 heavy (non-hydrogen) atoms. The lowest BCUT2D eigenvalue weighted by Crippen LogP contribution is -2.05. The molecule has 0 spiro atoms. The lowest BCUT2D eigenvalue weighted by atomic mass is 10.1. The van der Waals surface area contributed by atoms with E-state index in [9.17, 15) is 9.59 Å². The Morgan fingerprint density at radius 2 is 0.885 bits per heavy atom. The molecule has 0 atom stereocenters. The van der Waals surface area contributed by atoms with Crippen molar-refractivity contribution in [3.05, 3.63) is 35.8 Å². The van der Waals surface area contributed by atoms with Crippen LogP contribution in [0, 0.1) is 0 Å². The average Bonchev–Trinajstić information content (AvgIpc) is 3.82. The molecule has 0 aliphatic heterocycles. The molecule has 0 bridgehead atoms. The van der Waals surface area contributed by atoms with Crippen LogP contribution >= 0.6 is 39.1 Å². The van der Waals surface area contributed by atoms with E-state index in [2.05, 4.69) is 29.8 Å². The lowest BCUT2D eigenvalue weighted by molar-refractivity contribution is 0.0486. The van der Waals surface area contributed by atoms with Crippen LogP contribution in [0.2, 0.25) is 0 Å². The predicted molar refractivity (Wildman–Crippen MR) is 218 cm³/mol. The first-order valence-corrected chi connectivity index (χ1v) is 22.2. The van der Waals surface area contributed by atoms with Crippen molar-refractivity contribution in [1.29, 1.82) is 0 Å². The number of esters is 1. The Morgan fingerprint density at radius 1 is 0.558 bits per heavy atom. The second-order valence-electron chi connectivity index (χ2n) is 12.9. The standard InChI is InChI=1S/C21H35BrO4.C19H32O4.CH2Cl2/c1-2-3-4-5-6-7-8-9-10-11-12-13-17-24-20-15-14-19(26-20)21(23)25-18-16-22;1-2-3-4-5-6-7-8-9-10-11-12-13-16-22-18-15-14-17(23-18)19(20)21;2-1-3/h14-15H,2-13,16-18H2,1H3;14-15H,2-13,16H2,1H3,(H,20,21);1H2. The van der Waals surface area contributed by atoms with E-state index in [1.165, 1.54) is 141 Å². The number of carbonyl (C=O) groups excluding carboxylic acids is 1. The summed E-state index contributed by atoms with van der Waals surface area (Å²) in [5.41, 5.74) is 0. The molecule has 0 aliphatic rings. The van der Waals surface area contributed by atoms with E-state index < -0.39 is 11.9 Å². The maximum atomic E-state index is 11.6. The summed E-state index contributed by atoms with van der Waals surface area (Å²) >= 11 is 12.7. The van der Waals surface area contributed by atoms with Gasteiger partial charge in [0.15, 0.2) is 0 Å². The SMILES string of the molecule is CCCCCCCCCCCCCCOc1ccc(C(=O)O)o1.CCCCCCCCCCCCCCOc1ccc(C(=O)OCCBr)o1.ClCCl. The van der Waals surface area contributed by atoms with Gasteiger partial charge in [-0.2, -0.15) is 0 Å². The number of ether oxygens (including phenoxy) is 3. The van der Waals surface area contributed by atoms with Gasteiger partial charge in [0, 0.05) is 17.5 Å². The fourth-order valence-electron chi connectivity index (χ4n) is 5.45. The van der Waals surface area contributed by atoms with Crippen molar-refractivity contribution in [2.24, 2.45) is 0 Å². The largest absolute Gasteiger partial charge is 0.475 e. The van der Waals surface area contributed by atoms with Crippen molar-refractivity contribution in [2.45, 2.75) is 168 Å². The van der Waals surface area contributed by atoms with E-state index in [4.69, 9.17) is 51.4 Å². The van der Waals surface area contributed by atoms with Gasteiger partial charge in [-0.15, -0.1) is 23.2 Å². The minimum atomic E-state index is -1.06. The topological polar surface area (TPSA) is 108 Å². The van der Waals surface area contributed by atoms with Gasteiger partial charge in [-0.05, 0) is 25.0 Å². The molecule has 0 fully saturated rings. The summed E-state index contributed by atoms with van der Waals surface area (Å²) in [5, 5.41) is 9.54. The molecule has 8 nitrogen and oxygen atoms in total. The second kappa shape index (κ2) is 38.9. The van der Waals surface area contributed by atoms with Crippen LogP contribution in [0.1, 0.15) is 189 Å². The molecule has 0 aliphatic carbocycles. The zero-order valence-corrected chi connectivity index (χ0v) is 35.4. The third kappa shape index (κ3) is 31.7. The smallest absolute Gasteiger partial charge is 0.374 e. The minimum absolute atomic E-state index is 0.0744. The Labute approximate surface area is 333 Å². The summed E-state index contributed by atoms with van der Waals surface area (Å²) in [6.07, 6.45) is 31.6. The van der Waals surface area contributed by atoms with E-state index in [1.54, 1.807) is 18.2 Å². The molecule has 0 saturated carbocycles. The predicted octanol–water partition coefficient (Wildman–Crippen LogP) is 14.4. The molecule has 302 valence electrons. The third-order valence-electron chi connectivity index (χ3n) is 8.37. The van der Waals surface area contributed by atoms with Crippen LogP contribution < -0.4 is 9.47 Å². The van der Waals surface area contributed by atoms with Gasteiger partial charge in [0.25, 0.3) is 11.9 Å². The average molecular weight is 841 g/mol. The van der Waals surface area contributed by atoms with Crippen LogP contribution in [0.5, 0.6) is 11.9 Å². The third-order valence-corrected chi connectivity index (χ3v) is 8.69. The molecule has 0 amide bonds. The number of alkyl halides is 3.